The van der Waals surface area contributed by atoms with Crippen LogP contribution in [-0.4, -0.2) is 393 Å². The van der Waals surface area contributed by atoms with Crippen molar-refractivity contribution in [1.29, 1.82) is 0 Å². The number of aliphatic hydroxyl groups is 20. The summed E-state index contributed by atoms with van der Waals surface area (Å²) in [5.41, 5.74) is 0. The lowest BCUT2D eigenvalue weighted by atomic mass is 9.93. The number of amides is 3. The molecule has 0 spiro atoms. The molecular formula is C88H157N3O37. The maximum Gasteiger partial charge on any atom is 0.220 e. The van der Waals surface area contributed by atoms with E-state index in [1.807, 2.05) is 6.08 Å². The van der Waals surface area contributed by atoms with Gasteiger partial charge in [-0.15, -0.1) is 0 Å². The topological polar surface area (TPSA) is 621 Å². The van der Waals surface area contributed by atoms with Crippen LogP contribution in [0.5, 0.6) is 0 Å². The van der Waals surface area contributed by atoms with Crippen LogP contribution in [0.2, 0.25) is 0 Å². The minimum absolute atomic E-state index is 0.164. The summed E-state index contributed by atoms with van der Waals surface area (Å²) in [6, 6.07) is -4.76. The van der Waals surface area contributed by atoms with Gasteiger partial charge in [-0.1, -0.05) is 192 Å². The van der Waals surface area contributed by atoms with Gasteiger partial charge >= 0.3 is 0 Å². The predicted octanol–water partition coefficient (Wildman–Crippen LogP) is -1.46. The first-order valence-corrected chi connectivity index (χ1v) is 47.0. The molecule has 0 aromatic heterocycles. The summed E-state index contributed by atoms with van der Waals surface area (Å²) < 4.78 is 84.3. The molecule has 7 heterocycles. The molecule has 0 bridgehead atoms. The molecule has 14 unspecified atom stereocenters. The van der Waals surface area contributed by atoms with Crippen molar-refractivity contribution in [2.45, 2.75) is 467 Å². The molecule has 0 saturated carbocycles. The number of hydrogen-bond acceptors (Lipinski definition) is 37. The highest BCUT2D eigenvalue weighted by Gasteiger charge is 2.60. The Morgan fingerprint density at radius 2 is 0.664 bits per heavy atom. The normalized spacial score (nSPS) is 37.7. The lowest BCUT2D eigenvalue weighted by Gasteiger charge is -2.52. The van der Waals surface area contributed by atoms with Gasteiger partial charge in [0.25, 0.3) is 0 Å². The van der Waals surface area contributed by atoms with Crippen LogP contribution < -0.4 is 16.0 Å². The highest BCUT2D eigenvalue weighted by molar-refractivity contribution is 5.76. The lowest BCUT2D eigenvalue weighted by Crippen LogP contribution is -2.71. The standard InChI is InChI=1S/C88H157N3O37/c1-6-8-10-12-14-16-18-20-21-22-23-24-25-26-27-29-31-33-35-37-39-41-60(101)91-52(53(100)40-38-36-34-32-30-28-19-17-15-13-11-9-7-2)48-115-84-73(112)70(109)76(58(46-96)121-84)123-86-74(113)71(110)77(59(47-97)122-86)124-87-75(114)79(66(105)56(44-94)119-87)126-83-62(90-51(5)99)78(65(104)55(43-93)118-83)125-88-81(128-85-72(111)69(108)63(102)49(3)116-85)80(67(106)57(45-95)120-88)127-82-61(89-50(4)98)68(107)64(103)54(42-92)117-82/h20-21,38,40,49,52-59,61-88,92-97,100,102-114H,6-19,22-37,39,41-48H2,1-5H3,(H,89,98)(H,90,99)(H,91,101)/b21-20-,40-38+/t49?,52-,53+,54?,55?,56?,57?,58?,59?,61?,62?,63+,64-,65-,66-,67-,68+,69?,70+,71+,72-,73?,74?,75?,76+,77-,78+,79-,80-,81?,82+,83-,84+,85+,86-,87-,88-/m0/s1. The summed E-state index contributed by atoms with van der Waals surface area (Å²) in [6.07, 6.45) is -23.0. The second-order valence-corrected chi connectivity index (χ2v) is 35.2. The van der Waals surface area contributed by atoms with E-state index < -0.39 is 285 Å². The van der Waals surface area contributed by atoms with E-state index in [1.165, 1.54) is 129 Å². The molecule has 40 heteroatoms. The maximum absolute atomic E-state index is 13.6. The van der Waals surface area contributed by atoms with Crippen LogP contribution in [0.15, 0.2) is 24.3 Å². The Labute approximate surface area is 751 Å². The van der Waals surface area contributed by atoms with Crippen LogP contribution in [0.1, 0.15) is 240 Å². The second kappa shape index (κ2) is 59.5. The molecule has 746 valence electrons. The quantitative estimate of drug-likeness (QED) is 0.0244. The minimum Gasteiger partial charge on any atom is -0.394 e. The molecule has 7 aliphatic heterocycles. The third-order valence-corrected chi connectivity index (χ3v) is 25.0. The highest BCUT2D eigenvalue weighted by atomic mass is 16.8. The summed E-state index contributed by atoms with van der Waals surface area (Å²) in [4.78, 5) is 39.5. The van der Waals surface area contributed by atoms with E-state index in [0.717, 1.165) is 78.1 Å². The van der Waals surface area contributed by atoms with Gasteiger partial charge in [0.1, 0.15) is 165 Å². The Hall–Kier alpha value is -3.47. The summed E-state index contributed by atoms with van der Waals surface area (Å²) >= 11 is 0. The fraction of sp³-hybridized carbons (Fsp3) is 0.920. The molecule has 128 heavy (non-hydrogen) atoms. The molecule has 40 nitrogen and oxygen atoms in total. The third kappa shape index (κ3) is 33.8. The van der Waals surface area contributed by atoms with E-state index in [2.05, 4.69) is 41.9 Å². The largest absolute Gasteiger partial charge is 0.394 e. The first-order chi connectivity index (χ1) is 61.5. The number of unbranched alkanes of at least 4 members (excludes halogenated alkanes) is 28. The summed E-state index contributed by atoms with van der Waals surface area (Å²) in [6.45, 7) is 0.935. The number of carbonyl (C=O) groups excluding carboxylic acids is 3. The van der Waals surface area contributed by atoms with E-state index >= 15 is 0 Å². The zero-order valence-electron chi connectivity index (χ0n) is 75.1. The Kier molecular flexibility index (Phi) is 51.9. The SMILES string of the molecule is CCCCCCCC/C=C\CCCCCCCCCCCCCC(=O)N[C@@H](CO[C@@H]1OC(CO)[C@@H](O[C@@H]2OC(CO)[C@H](O[C@@H]3OC(CO)[C@H](O)[C@H](O[C@@H]4OC(CO)[C@H](O)[C@H](O[C@@H]5OC(CO)[C@H](O)[C@H](O[C@H]6OC(CO)[C@H](O)[C@H](O)C6NC(C)=O)C5O[C@H]5OC(C)[C@@H](O)C(O)[C@@H]5O)C4NC(C)=O)C3O)[C@H](O)C2O)[C@H](O)C1O)[C@H](O)/C=C/CCCCCCCCCCCCC. The van der Waals surface area contributed by atoms with Gasteiger partial charge in [-0.3, -0.25) is 14.4 Å². The van der Waals surface area contributed by atoms with Gasteiger partial charge in [-0.2, -0.15) is 0 Å². The molecule has 37 atom stereocenters. The van der Waals surface area contributed by atoms with Crippen LogP contribution in [0.25, 0.3) is 0 Å². The Morgan fingerprint density at radius 3 is 1.15 bits per heavy atom. The first-order valence-electron chi connectivity index (χ1n) is 47.0. The molecule has 0 aromatic rings. The Morgan fingerprint density at radius 1 is 0.320 bits per heavy atom. The molecule has 3 amide bonds. The van der Waals surface area contributed by atoms with Crippen LogP contribution in [-0.2, 0) is 80.7 Å². The van der Waals surface area contributed by atoms with Crippen molar-refractivity contribution in [3.63, 3.8) is 0 Å². The zero-order valence-corrected chi connectivity index (χ0v) is 75.1. The van der Waals surface area contributed by atoms with Crippen LogP contribution in [0.3, 0.4) is 0 Å². The van der Waals surface area contributed by atoms with Crippen molar-refractivity contribution in [1.82, 2.24) is 16.0 Å². The third-order valence-electron chi connectivity index (χ3n) is 25.0. The number of ether oxygens (including phenoxy) is 14. The summed E-state index contributed by atoms with van der Waals surface area (Å²) in [5, 5.41) is 233. The minimum atomic E-state index is -2.34. The van der Waals surface area contributed by atoms with Crippen molar-refractivity contribution >= 4 is 17.7 Å². The molecule has 23 N–H and O–H groups in total. The van der Waals surface area contributed by atoms with E-state index in [0.29, 0.717) is 12.8 Å². The predicted molar refractivity (Wildman–Crippen MR) is 453 cm³/mol. The average Bonchev–Trinajstić information content (AvgIpc) is 0.761. The molecule has 7 rings (SSSR count). The van der Waals surface area contributed by atoms with E-state index in [9.17, 15) is 117 Å². The highest BCUT2D eigenvalue weighted by Crippen LogP contribution is 2.40. The van der Waals surface area contributed by atoms with E-state index in [1.54, 1.807) is 6.08 Å². The maximum atomic E-state index is 13.6. The number of aliphatic hydroxyl groups excluding tert-OH is 20. The molecule has 0 aromatic carbocycles. The van der Waals surface area contributed by atoms with Gasteiger partial charge in [0.15, 0.2) is 44.0 Å². The number of allylic oxidation sites excluding steroid dienone is 3. The van der Waals surface area contributed by atoms with Gasteiger partial charge in [0.2, 0.25) is 17.7 Å². The van der Waals surface area contributed by atoms with E-state index in [-0.39, 0.29) is 12.3 Å². The first kappa shape index (κ1) is 112. The molecule has 7 saturated heterocycles. The molecule has 7 aliphatic rings. The smallest absolute Gasteiger partial charge is 0.220 e. The zero-order chi connectivity index (χ0) is 93.5. The average molecular weight is 1850 g/mol. The molecule has 0 radical (unpaired) electrons. The molecule has 7 fully saturated rings. The van der Waals surface area contributed by atoms with Crippen molar-refractivity contribution in [3.05, 3.63) is 24.3 Å². The molecule has 0 aliphatic carbocycles. The lowest BCUT2D eigenvalue weighted by molar-refractivity contribution is -0.402. The number of nitrogens with one attached hydrogen (secondary N) is 3. The van der Waals surface area contributed by atoms with Crippen LogP contribution >= 0.6 is 0 Å². The fourth-order valence-electron chi connectivity index (χ4n) is 17.3. The molecular weight excluding hydrogens is 1690 g/mol. The number of carbonyl (C=O) groups is 3. The van der Waals surface area contributed by atoms with Crippen LogP contribution in [0, 0.1) is 0 Å². The van der Waals surface area contributed by atoms with Gasteiger partial charge in [-0.05, 0) is 51.9 Å². The second-order valence-electron chi connectivity index (χ2n) is 35.2. The monoisotopic (exact) mass is 1850 g/mol. The summed E-state index contributed by atoms with van der Waals surface area (Å²) in [7, 11) is 0. The number of rotatable bonds is 59. The van der Waals surface area contributed by atoms with Crippen molar-refractivity contribution in [3.8, 4) is 0 Å². The van der Waals surface area contributed by atoms with Crippen molar-refractivity contribution in [2.75, 3.05) is 46.2 Å². The Balaban J connectivity index is 0.991. The van der Waals surface area contributed by atoms with Crippen molar-refractivity contribution in [2.24, 2.45) is 0 Å². The Bertz CT molecular complexity index is 3070. The van der Waals surface area contributed by atoms with Crippen molar-refractivity contribution < 1.29 is 183 Å². The number of hydrogen-bond donors (Lipinski definition) is 23. The van der Waals surface area contributed by atoms with Gasteiger partial charge in [-0.25, -0.2) is 0 Å². The van der Waals surface area contributed by atoms with E-state index in [4.69, 9.17) is 66.3 Å². The van der Waals surface area contributed by atoms with Gasteiger partial charge in [0, 0.05) is 20.3 Å². The van der Waals surface area contributed by atoms with Gasteiger partial charge in [0.05, 0.1) is 64.5 Å². The fourth-order valence-corrected chi connectivity index (χ4v) is 17.3. The van der Waals surface area contributed by atoms with Gasteiger partial charge < -0.3 is 184 Å². The summed E-state index contributed by atoms with van der Waals surface area (Å²) in [5.74, 6) is -2.11. The van der Waals surface area contributed by atoms with Crippen LogP contribution in [0.4, 0.5) is 0 Å².